The first kappa shape index (κ1) is 13.5. The predicted molar refractivity (Wildman–Crippen MR) is 63.0 cm³/mol. The summed E-state index contributed by atoms with van der Waals surface area (Å²) < 4.78 is 4.63. The number of hydrogen-bond acceptors (Lipinski definition) is 3. The van der Waals surface area contributed by atoms with Crippen LogP contribution in [0.4, 0.5) is 0 Å². The largest absolute Gasteiger partial charge is 0.469 e. The van der Waals surface area contributed by atoms with E-state index in [1.807, 2.05) is 6.92 Å². The lowest BCUT2D eigenvalue weighted by Crippen LogP contribution is -2.29. The van der Waals surface area contributed by atoms with Crippen LogP contribution in [0.2, 0.25) is 0 Å². The molecule has 0 aromatic heterocycles. The summed E-state index contributed by atoms with van der Waals surface area (Å²) >= 11 is 0. The van der Waals surface area contributed by atoms with Crippen LogP contribution >= 0.6 is 0 Å². The molecule has 2 atom stereocenters. The topological polar surface area (TPSA) is 46.5 Å². The van der Waals surface area contributed by atoms with Crippen molar-refractivity contribution in [2.24, 2.45) is 11.8 Å². The molecule has 0 aromatic carbocycles. The lowest BCUT2D eigenvalue weighted by Gasteiger charge is -2.26. The van der Waals surface area contributed by atoms with Crippen molar-refractivity contribution in [1.29, 1.82) is 0 Å². The van der Waals surface area contributed by atoms with Crippen molar-refractivity contribution in [3.63, 3.8) is 0 Å². The molecule has 1 aliphatic carbocycles. The van der Waals surface area contributed by atoms with Crippen LogP contribution in [0, 0.1) is 11.8 Å². The third kappa shape index (κ3) is 4.12. The van der Waals surface area contributed by atoms with Gasteiger partial charge in [0.25, 0.3) is 0 Å². The van der Waals surface area contributed by atoms with Gasteiger partial charge in [-0.2, -0.15) is 0 Å². The second-order valence-corrected chi connectivity index (χ2v) is 5.00. The van der Waals surface area contributed by atoms with Gasteiger partial charge in [-0.1, -0.05) is 32.6 Å². The van der Waals surface area contributed by atoms with Gasteiger partial charge in [0, 0.05) is 0 Å². The molecule has 3 nitrogen and oxygen atoms in total. The zero-order valence-electron chi connectivity index (χ0n) is 10.4. The highest BCUT2D eigenvalue weighted by molar-refractivity contribution is 5.69. The summed E-state index contributed by atoms with van der Waals surface area (Å²) in [5.41, 5.74) is 0. The van der Waals surface area contributed by atoms with Crippen molar-refractivity contribution in [3.05, 3.63) is 0 Å². The van der Waals surface area contributed by atoms with E-state index >= 15 is 0 Å². The predicted octanol–water partition coefficient (Wildman–Crippen LogP) is 2.52. The van der Waals surface area contributed by atoms with E-state index in [-0.39, 0.29) is 18.0 Å². The van der Waals surface area contributed by atoms with Gasteiger partial charge in [0.1, 0.15) is 0 Å². The van der Waals surface area contributed by atoms with Crippen molar-refractivity contribution in [1.82, 2.24) is 0 Å². The van der Waals surface area contributed by atoms with E-state index in [0.717, 1.165) is 12.8 Å². The first-order valence-corrected chi connectivity index (χ1v) is 6.40. The second-order valence-electron chi connectivity index (χ2n) is 5.00. The SMILES string of the molecule is COC(=O)CC(C)C(O)C1CCCCCC1. The minimum atomic E-state index is -0.350. The van der Waals surface area contributed by atoms with Crippen molar-refractivity contribution < 1.29 is 14.6 Å². The molecule has 16 heavy (non-hydrogen) atoms. The fourth-order valence-corrected chi connectivity index (χ4v) is 2.58. The number of ether oxygens (including phenoxy) is 1. The average molecular weight is 228 g/mol. The Hall–Kier alpha value is -0.570. The molecule has 0 heterocycles. The van der Waals surface area contributed by atoms with Crippen LogP contribution in [0.25, 0.3) is 0 Å². The van der Waals surface area contributed by atoms with Crippen molar-refractivity contribution in [3.8, 4) is 0 Å². The van der Waals surface area contributed by atoms with Crippen molar-refractivity contribution >= 4 is 5.97 Å². The van der Waals surface area contributed by atoms with Gasteiger partial charge in [0.15, 0.2) is 0 Å². The molecule has 3 heteroatoms. The summed E-state index contributed by atoms with van der Waals surface area (Å²) in [6.07, 6.45) is 7.19. The maximum atomic E-state index is 11.1. The number of esters is 1. The standard InChI is InChI=1S/C13H24O3/c1-10(9-12(14)16-2)13(15)11-7-5-3-4-6-8-11/h10-11,13,15H,3-9H2,1-2H3. The molecule has 0 amide bonds. The first-order valence-electron chi connectivity index (χ1n) is 6.40. The maximum Gasteiger partial charge on any atom is 0.305 e. The lowest BCUT2D eigenvalue weighted by atomic mass is 9.85. The van der Waals surface area contributed by atoms with Gasteiger partial charge in [-0.15, -0.1) is 0 Å². The molecular formula is C13H24O3. The molecule has 1 aliphatic rings. The van der Waals surface area contributed by atoms with Gasteiger partial charge < -0.3 is 9.84 Å². The molecule has 94 valence electrons. The highest BCUT2D eigenvalue weighted by Gasteiger charge is 2.26. The summed E-state index contributed by atoms with van der Waals surface area (Å²) in [6.45, 7) is 1.94. The van der Waals surface area contributed by atoms with E-state index in [2.05, 4.69) is 4.74 Å². The van der Waals surface area contributed by atoms with E-state index in [0.29, 0.717) is 12.3 Å². The van der Waals surface area contributed by atoms with Gasteiger partial charge in [-0.3, -0.25) is 4.79 Å². The van der Waals surface area contributed by atoms with Crippen molar-refractivity contribution in [2.75, 3.05) is 7.11 Å². The zero-order chi connectivity index (χ0) is 12.0. The molecule has 1 fully saturated rings. The number of aliphatic hydroxyl groups is 1. The van der Waals surface area contributed by atoms with Crippen molar-refractivity contribution in [2.45, 2.75) is 58.0 Å². The second kappa shape index (κ2) is 6.89. The highest BCUT2D eigenvalue weighted by atomic mass is 16.5. The minimum absolute atomic E-state index is 0.00977. The normalized spacial score (nSPS) is 22.2. The van der Waals surface area contributed by atoms with Crippen LogP contribution in [0.15, 0.2) is 0 Å². The number of carbonyl (C=O) groups is 1. The zero-order valence-corrected chi connectivity index (χ0v) is 10.4. The number of hydrogen-bond donors (Lipinski definition) is 1. The Morgan fingerprint density at radius 1 is 1.31 bits per heavy atom. The summed E-state index contributed by atoms with van der Waals surface area (Å²) in [5.74, 6) is 0.165. The molecular weight excluding hydrogens is 204 g/mol. The number of rotatable bonds is 4. The Labute approximate surface area is 98.2 Å². The molecule has 0 saturated heterocycles. The first-order chi connectivity index (χ1) is 7.65. The lowest BCUT2D eigenvalue weighted by molar-refractivity contribution is -0.143. The number of methoxy groups -OCH3 is 1. The third-order valence-corrected chi connectivity index (χ3v) is 3.68. The summed E-state index contributed by atoms with van der Waals surface area (Å²) in [7, 11) is 1.40. The maximum absolute atomic E-state index is 11.1. The molecule has 1 N–H and O–H groups in total. The molecule has 2 unspecified atom stereocenters. The Bertz CT molecular complexity index is 207. The Balaban J connectivity index is 2.41. The number of carbonyl (C=O) groups excluding carboxylic acids is 1. The van der Waals surface area contributed by atoms with Crippen LogP contribution in [0.1, 0.15) is 51.9 Å². The molecule has 0 aromatic rings. The monoisotopic (exact) mass is 228 g/mol. The average Bonchev–Trinajstić information content (AvgIpc) is 2.56. The van der Waals surface area contributed by atoms with E-state index in [1.165, 1.54) is 32.8 Å². The van der Waals surface area contributed by atoms with Crippen LogP contribution in [0.3, 0.4) is 0 Å². The fraction of sp³-hybridized carbons (Fsp3) is 0.923. The quantitative estimate of drug-likeness (QED) is 0.594. The van der Waals surface area contributed by atoms with Gasteiger partial charge in [-0.05, 0) is 24.7 Å². The van der Waals surface area contributed by atoms with Gasteiger partial charge in [0.2, 0.25) is 0 Å². The molecule has 1 rings (SSSR count). The van der Waals surface area contributed by atoms with Gasteiger partial charge in [-0.25, -0.2) is 0 Å². The molecule has 0 radical (unpaired) electrons. The van der Waals surface area contributed by atoms with Crippen LogP contribution in [-0.2, 0) is 9.53 Å². The van der Waals surface area contributed by atoms with Crippen LogP contribution in [-0.4, -0.2) is 24.3 Å². The fourth-order valence-electron chi connectivity index (χ4n) is 2.58. The molecule has 1 saturated carbocycles. The van der Waals surface area contributed by atoms with Gasteiger partial charge >= 0.3 is 5.97 Å². The van der Waals surface area contributed by atoms with E-state index in [4.69, 9.17) is 0 Å². The Kier molecular flexibility index (Phi) is 5.81. The Morgan fingerprint density at radius 2 is 1.88 bits per heavy atom. The molecule has 0 aliphatic heterocycles. The van der Waals surface area contributed by atoms with Crippen LogP contribution in [0.5, 0.6) is 0 Å². The molecule has 0 bridgehead atoms. The third-order valence-electron chi connectivity index (χ3n) is 3.68. The van der Waals surface area contributed by atoms with Crippen LogP contribution < -0.4 is 0 Å². The Morgan fingerprint density at radius 3 is 2.38 bits per heavy atom. The highest BCUT2D eigenvalue weighted by Crippen LogP contribution is 2.29. The van der Waals surface area contributed by atoms with E-state index in [1.54, 1.807) is 0 Å². The summed E-state index contributed by atoms with van der Waals surface area (Å²) in [4.78, 5) is 11.1. The van der Waals surface area contributed by atoms with Gasteiger partial charge in [0.05, 0.1) is 19.6 Å². The minimum Gasteiger partial charge on any atom is -0.469 e. The summed E-state index contributed by atoms with van der Waals surface area (Å²) in [6, 6.07) is 0. The van der Waals surface area contributed by atoms with E-state index < -0.39 is 0 Å². The smallest absolute Gasteiger partial charge is 0.305 e. The summed E-state index contributed by atoms with van der Waals surface area (Å²) in [5, 5.41) is 10.2. The number of aliphatic hydroxyl groups excluding tert-OH is 1. The van der Waals surface area contributed by atoms with E-state index in [9.17, 15) is 9.90 Å². The molecule has 0 spiro atoms.